The zero-order chi connectivity index (χ0) is 19.5. The molecule has 1 atom stereocenters. The van der Waals surface area contributed by atoms with Gasteiger partial charge in [0.15, 0.2) is 0 Å². The minimum absolute atomic E-state index is 0.0899. The Hall–Kier alpha value is -2.92. The Morgan fingerprint density at radius 1 is 1.18 bits per heavy atom. The second kappa shape index (κ2) is 7.98. The number of hydrogen-bond donors (Lipinski definition) is 0. The van der Waals surface area contributed by atoms with Crippen molar-refractivity contribution < 1.29 is 18.7 Å². The normalized spacial score (nSPS) is 15.8. The lowest BCUT2D eigenvalue weighted by Gasteiger charge is -2.34. The SMILES string of the molecule is COc1ccc(OCC2c3occc3CCN2C(=O)c2cccc(Cl)c2)cc1. The highest BCUT2D eigenvalue weighted by Gasteiger charge is 2.34. The fourth-order valence-corrected chi connectivity index (χ4v) is 3.62. The van der Waals surface area contributed by atoms with Crippen LogP contribution < -0.4 is 9.47 Å². The maximum absolute atomic E-state index is 13.1. The average Bonchev–Trinajstić information content (AvgIpc) is 3.21. The van der Waals surface area contributed by atoms with Crippen molar-refractivity contribution in [3.63, 3.8) is 0 Å². The molecule has 0 aliphatic carbocycles. The Morgan fingerprint density at radius 2 is 1.96 bits per heavy atom. The summed E-state index contributed by atoms with van der Waals surface area (Å²) in [6, 6.07) is 16.0. The van der Waals surface area contributed by atoms with Crippen molar-refractivity contribution in [2.24, 2.45) is 0 Å². The molecule has 1 unspecified atom stereocenters. The van der Waals surface area contributed by atoms with Gasteiger partial charge in [-0.2, -0.15) is 0 Å². The third-order valence-electron chi connectivity index (χ3n) is 4.88. The lowest BCUT2D eigenvalue weighted by molar-refractivity contribution is 0.0549. The molecule has 1 amide bonds. The van der Waals surface area contributed by atoms with E-state index in [1.807, 2.05) is 30.3 Å². The van der Waals surface area contributed by atoms with Crippen LogP contribution in [0.4, 0.5) is 0 Å². The Balaban J connectivity index is 1.57. The number of halogens is 1. The number of nitrogens with zero attached hydrogens (tertiary/aromatic N) is 1. The Morgan fingerprint density at radius 3 is 2.71 bits per heavy atom. The molecule has 1 aliphatic rings. The molecule has 1 aliphatic heterocycles. The minimum atomic E-state index is -0.313. The molecule has 0 fully saturated rings. The third-order valence-corrected chi connectivity index (χ3v) is 5.12. The number of methoxy groups -OCH3 is 1. The lowest BCUT2D eigenvalue weighted by Crippen LogP contribution is -2.42. The van der Waals surface area contributed by atoms with Crippen molar-refractivity contribution in [1.29, 1.82) is 0 Å². The van der Waals surface area contributed by atoms with Gasteiger partial charge in [-0.25, -0.2) is 0 Å². The topological polar surface area (TPSA) is 51.9 Å². The highest BCUT2D eigenvalue weighted by atomic mass is 35.5. The molecule has 2 aromatic carbocycles. The summed E-state index contributed by atoms with van der Waals surface area (Å²) in [5.74, 6) is 2.15. The summed E-state index contributed by atoms with van der Waals surface area (Å²) < 4.78 is 16.9. The summed E-state index contributed by atoms with van der Waals surface area (Å²) in [5, 5.41) is 0.535. The molecule has 0 N–H and O–H groups in total. The van der Waals surface area contributed by atoms with E-state index in [-0.39, 0.29) is 11.9 Å². The van der Waals surface area contributed by atoms with E-state index < -0.39 is 0 Å². The lowest BCUT2D eigenvalue weighted by atomic mass is 10.00. The predicted octanol–water partition coefficient (Wildman–Crippen LogP) is 4.76. The minimum Gasteiger partial charge on any atom is -0.497 e. The summed E-state index contributed by atoms with van der Waals surface area (Å²) in [7, 11) is 1.62. The first-order valence-electron chi connectivity index (χ1n) is 9.05. The Kier molecular flexibility index (Phi) is 5.26. The summed E-state index contributed by atoms with van der Waals surface area (Å²) in [6.07, 6.45) is 2.41. The number of carbonyl (C=O) groups excluding carboxylic acids is 1. The third kappa shape index (κ3) is 3.71. The van der Waals surface area contributed by atoms with Gasteiger partial charge in [-0.3, -0.25) is 4.79 Å². The first-order chi connectivity index (χ1) is 13.7. The molecule has 1 aromatic heterocycles. The van der Waals surface area contributed by atoms with Crippen molar-refractivity contribution in [2.45, 2.75) is 12.5 Å². The van der Waals surface area contributed by atoms with Gasteiger partial charge >= 0.3 is 0 Å². The average molecular weight is 398 g/mol. The number of carbonyl (C=O) groups is 1. The second-order valence-corrected chi connectivity index (χ2v) is 7.01. The van der Waals surface area contributed by atoms with Gasteiger partial charge in [0.05, 0.1) is 13.4 Å². The van der Waals surface area contributed by atoms with Crippen LogP contribution in [0.2, 0.25) is 5.02 Å². The van der Waals surface area contributed by atoms with E-state index in [4.69, 9.17) is 25.5 Å². The van der Waals surface area contributed by atoms with Gasteiger partial charge in [0.1, 0.15) is 29.9 Å². The van der Waals surface area contributed by atoms with E-state index in [0.29, 0.717) is 29.5 Å². The molecular formula is C22H20ClNO4. The molecule has 2 heterocycles. The highest BCUT2D eigenvalue weighted by Crippen LogP contribution is 2.33. The molecule has 0 radical (unpaired) electrons. The van der Waals surface area contributed by atoms with Crippen LogP contribution in [0.1, 0.15) is 27.7 Å². The van der Waals surface area contributed by atoms with E-state index >= 15 is 0 Å². The number of fused-ring (bicyclic) bond motifs is 1. The molecule has 28 heavy (non-hydrogen) atoms. The maximum Gasteiger partial charge on any atom is 0.254 e. The van der Waals surface area contributed by atoms with E-state index in [1.165, 1.54) is 0 Å². The van der Waals surface area contributed by atoms with Crippen LogP contribution in [0.25, 0.3) is 0 Å². The number of furan rings is 1. The smallest absolute Gasteiger partial charge is 0.254 e. The van der Waals surface area contributed by atoms with E-state index in [0.717, 1.165) is 23.5 Å². The molecule has 0 spiro atoms. The van der Waals surface area contributed by atoms with Crippen LogP contribution in [0.3, 0.4) is 0 Å². The van der Waals surface area contributed by atoms with Crippen LogP contribution >= 0.6 is 11.6 Å². The van der Waals surface area contributed by atoms with Crippen LogP contribution in [-0.2, 0) is 6.42 Å². The predicted molar refractivity (Wildman–Crippen MR) is 106 cm³/mol. The van der Waals surface area contributed by atoms with Crippen molar-refractivity contribution >= 4 is 17.5 Å². The van der Waals surface area contributed by atoms with Crippen LogP contribution in [0.5, 0.6) is 11.5 Å². The molecule has 3 aromatic rings. The maximum atomic E-state index is 13.1. The van der Waals surface area contributed by atoms with Gasteiger partial charge in [0.2, 0.25) is 0 Å². The highest BCUT2D eigenvalue weighted by molar-refractivity contribution is 6.30. The molecule has 0 bridgehead atoms. The van der Waals surface area contributed by atoms with Gasteiger partial charge in [0, 0.05) is 17.1 Å². The van der Waals surface area contributed by atoms with Crippen molar-refractivity contribution in [2.75, 3.05) is 20.3 Å². The Labute approximate surface area is 168 Å². The van der Waals surface area contributed by atoms with E-state index in [9.17, 15) is 4.79 Å². The fraction of sp³-hybridized carbons (Fsp3) is 0.227. The molecule has 6 heteroatoms. The molecule has 0 saturated carbocycles. The molecule has 4 rings (SSSR count). The van der Waals surface area contributed by atoms with Gasteiger partial charge in [-0.05, 0) is 60.5 Å². The summed E-state index contributed by atoms with van der Waals surface area (Å²) in [4.78, 5) is 14.9. The molecule has 5 nitrogen and oxygen atoms in total. The van der Waals surface area contributed by atoms with Gasteiger partial charge in [-0.1, -0.05) is 17.7 Å². The zero-order valence-electron chi connectivity index (χ0n) is 15.4. The van der Waals surface area contributed by atoms with Gasteiger partial charge in [0.25, 0.3) is 5.91 Å². The quantitative estimate of drug-likeness (QED) is 0.622. The summed E-state index contributed by atoms with van der Waals surface area (Å²) in [6.45, 7) is 0.883. The van der Waals surface area contributed by atoms with Crippen molar-refractivity contribution in [1.82, 2.24) is 4.90 Å². The first kappa shape index (κ1) is 18.4. The number of benzene rings is 2. The fourth-order valence-electron chi connectivity index (χ4n) is 3.43. The van der Waals surface area contributed by atoms with Gasteiger partial charge in [-0.15, -0.1) is 0 Å². The Bertz CT molecular complexity index is 967. The number of rotatable bonds is 5. The standard InChI is InChI=1S/C22H20ClNO4/c1-26-18-5-7-19(8-6-18)28-14-20-21-15(10-12-27-21)9-11-24(20)22(25)16-3-2-4-17(23)13-16/h2-8,10,12-13,20H,9,11,14H2,1H3. The molecule has 144 valence electrons. The van der Waals surface area contributed by atoms with E-state index in [1.54, 1.807) is 42.5 Å². The van der Waals surface area contributed by atoms with Crippen LogP contribution in [0, 0.1) is 0 Å². The summed E-state index contributed by atoms with van der Waals surface area (Å²) in [5.41, 5.74) is 1.66. The van der Waals surface area contributed by atoms with E-state index in [2.05, 4.69) is 0 Å². The number of hydrogen-bond acceptors (Lipinski definition) is 4. The first-order valence-corrected chi connectivity index (χ1v) is 9.43. The monoisotopic (exact) mass is 397 g/mol. The largest absolute Gasteiger partial charge is 0.497 e. The van der Waals surface area contributed by atoms with Crippen LogP contribution in [-0.4, -0.2) is 31.1 Å². The molecule has 0 saturated heterocycles. The second-order valence-electron chi connectivity index (χ2n) is 6.57. The van der Waals surface area contributed by atoms with Crippen molar-refractivity contribution in [3.8, 4) is 11.5 Å². The van der Waals surface area contributed by atoms with Crippen LogP contribution in [0.15, 0.2) is 65.3 Å². The molecular weight excluding hydrogens is 378 g/mol. The number of amides is 1. The summed E-state index contributed by atoms with van der Waals surface area (Å²) >= 11 is 6.07. The number of ether oxygens (including phenoxy) is 2. The zero-order valence-corrected chi connectivity index (χ0v) is 16.2. The van der Waals surface area contributed by atoms with Crippen molar-refractivity contribution in [3.05, 3.63) is 82.8 Å². The van der Waals surface area contributed by atoms with Gasteiger partial charge < -0.3 is 18.8 Å².